The molecule has 9 heteroatoms. The lowest BCUT2D eigenvalue weighted by Crippen LogP contribution is -2.52. The summed E-state index contributed by atoms with van der Waals surface area (Å²) in [5.74, 6) is -0.841. The molecule has 2 unspecified atom stereocenters. The molecule has 4 heterocycles. The van der Waals surface area contributed by atoms with E-state index in [1.54, 1.807) is 11.1 Å². The highest BCUT2D eigenvalue weighted by Crippen LogP contribution is 2.32. The van der Waals surface area contributed by atoms with Gasteiger partial charge in [-0.1, -0.05) is 6.07 Å². The van der Waals surface area contributed by atoms with Crippen LogP contribution in [0.25, 0.3) is 5.70 Å². The van der Waals surface area contributed by atoms with Crippen molar-refractivity contribution in [2.45, 2.75) is 31.6 Å². The molecule has 154 valence electrons. The van der Waals surface area contributed by atoms with E-state index >= 15 is 0 Å². The van der Waals surface area contributed by atoms with E-state index < -0.39 is 11.9 Å². The van der Waals surface area contributed by atoms with Gasteiger partial charge in [0.2, 0.25) is 11.8 Å². The molecule has 1 fully saturated rings. The Morgan fingerprint density at radius 1 is 1.13 bits per heavy atom. The van der Waals surface area contributed by atoms with E-state index in [4.69, 9.17) is 0 Å². The molecule has 2 N–H and O–H groups in total. The van der Waals surface area contributed by atoms with Gasteiger partial charge in [-0.2, -0.15) is 5.10 Å². The molecule has 2 aromatic rings. The van der Waals surface area contributed by atoms with Gasteiger partial charge >= 0.3 is 0 Å². The van der Waals surface area contributed by atoms with Gasteiger partial charge in [0.1, 0.15) is 12.2 Å². The van der Waals surface area contributed by atoms with Crippen molar-refractivity contribution >= 4 is 23.4 Å². The zero-order chi connectivity index (χ0) is 21.0. The van der Waals surface area contributed by atoms with E-state index in [0.29, 0.717) is 18.5 Å². The van der Waals surface area contributed by atoms with Crippen molar-refractivity contribution in [1.82, 2.24) is 30.2 Å². The fourth-order valence-electron chi connectivity index (χ4n) is 4.40. The van der Waals surface area contributed by atoms with Crippen LogP contribution in [0.2, 0.25) is 0 Å². The zero-order valence-corrected chi connectivity index (χ0v) is 16.8. The molecule has 3 aliphatic rings. The number of piperidine rings is 1. The molecule has 1 aromatic heterocycles. The van der Waals surface area contributed by atoms with Crippen molar-refractivity contribution in [1.29, 1.82) is 0 Å². The number of imide groups is 1. The maximum absolute atomic E-state index is 12.9. The Morgan fingerprint density at radius 2 is 1.97 bits per heavy atom. The second-order valence-corrected chi connectivity index (χ2v) is 7.91. The van der Waals surface area contributed by atoms with Crippen LogP contribution in [-0.2, 0) is 23.2 Å². The van der Waals surface area contributed by atoms with Crippen LogP contribution >= 0.6 is 0 Å². The van der Waals surface area contributed by atoms with Crippen LogP contribution in [0.5, 0.6) is 0 Å². The smallest absolute Gasteiger partial charge is 0.255 e. The molecule has 30 heavy (non-hydrogen) atoms. The molecule has 1 saturated heterocycles. The van der Waals surface area contributed by atoms with Crippen molar-refractivity contribution < 1.29 is 14.4 Å². The standard InChI is InChI=1S/C21H22N6O3/c1-25-11-15(23-19(25)16-7-8-22-26(16)2)12-3-4-14-13(9-12)10-27(21(14)30)17-5-6-18(28)24-20(17)29/h3-4,7-9,11,17,19,23H,5-6,10H2,1-2H3,(H,24,28,29). The van der Waals surface area contributed by atoms with Gasteiger partial charge in [0.15, 0.2) is 0 Å². The van der Waals surface area contributed by atoms with Crippen molar-refractivity contribution in [3.63, 3.8) is 0 Å². The van der Waals surface area contributed by atoms with Gasteiger partial charge in [-0.25, -0.2) is 0 Å². The topological polar surface area (TPSA) is 99.6 Å². The first kappa shape index (κ1) is 18.4. The summed E-state index contributed by atoms with van der Waals surface area (Å²) in [4.78, 5) is 40.2. The number of aryl methyl sites for hydroxylation is 1. The van der Waals surface area contributed by atoms with Gasteiger partial charge in [-0.05, 0) is 35.7 Å². The number of hydrogen-bond acceptors (Lipinski definition) is 6. The molecule has 0 bridgehead atoms. The van der Waals surface area contributed by atoms with Crippen molar-refractivity contribution in [2.24, 2.45) is 7.05 Å². The lowest BCUT2D eigenvalue weighted by Gasteiger charge is -2.29. The van der Waals surface area contributed by atoms with Crippen LogP contribution < -0.4 is 10.6 Å². The fourth-order valence-corrected chi connectivity index (χ4v) is 4.40. The van der Waals surface area contributed by atoms with Crippen molar-refractivity contribution in [3.8, 4) is 0 Å². The van der Waals surface area contributed by atoms with Crippen LogP contribution in [-0.4, -0.2) is 50.4 Å². The van der Waals surface area contributed by atoms with E-state index in [0.717, 1.165) is 22.5 Å². The third kappa shape index (κ3) is 2.85. The minimum absolute atomic E-state index is 0.0256. The highest BCUT2D eigenvalue weighted by Gasteiger charge is 2.39. The molecule has 0 saturated carbocycles. The number of fused-ring (bicyclic) bond motifs is 1. The number of aromatic nitrogens is 2. The van der Waals surface area contributed by atoms with Gasteiger partial charge in [-0.15, -0.1) is 0 Å². The molecule has 3 aliphatic heterocycles. The number of hydrogen-bond donors (Lipinski definition) is 2. The predicted octanol–water partition coefficient (Wildman–Crippen LogP) is 0.713. The highest BCUT2D eigenvalue weighted by atomic mass is 16.2. The van der Waals surface area contributed by atoms with Crippen LogP contribution in [0.4, 0.5) is 0 Å². The van der Waals surface area contributed by atoms with Crippen LogP contribution in [0.3, 0.4) is 0 Å². The molecule has 9 nitrogen and oxygen atoms in total. The van der Waals surface area contributed by atoms with Gasteiger partial charge in [0.25, 0.3) is 5.91 Å². The minimum Gasteiger partial charge on any atom is -0.359 e. The highest BCUT2D eigenvalue weighted by molar-refractivity contribution is 6.05. The van der Waals surface area contributed by atoms with Crippen molar-refractivity contribution in [2.75, 3.05) is 7.05 Å². The largest absolute Gasteiger partial charge is 0.359 e. The Morgan fingerprint density at radius 3 is 2.70 bits per heavy atom. The summed E-state index contributed by atoms with van der Waals surface area (Å²) < 4.78 is 1.84. The number of nitrogens with one attached hydrogen (secondary N) is 2. The Bertz CT molecular complexity index is 1100. The third-order valence-corrected chi connectivity index (χ3v) is 6.01. The maximum Gasteiger partial charge on any atom is 0.255 e. The average Bonchev–Trinajstić information content (AvgIpc) is 3.39. The molecule has 5 rings (SSSR count). The van der Waals surface area contributed by atoms with Crippen molar-refractivity contribution in [3.05, 3.63) is 59.0 Å². The normalized spacial score (nSPS) is 23.4. The number of amides is 3. The first-order valence-electron chi connectivity index (χ1n) is 9.88. The lowest BCUT2D eigenvalue weighted by atomic mass is 10.0. The van der Waals surface area contributed by atoms with E-state index in [1.807, 2.05) is 49.2 Å². The Labute approximate surface area is 173 Å². The van der Waals surface area contributed by atoms with Crippen LogP contribution in [0.1, 0.15) is 46.2 Å². The quantitative estimate of drug-likeness (QED) is 0.729. The first-order valence-corrected chi connectivity index (χ1v) is 9.88. The minimum atomic E-state index is -0.602. The van der Waals surface area contributed by atoms with Gasteiger partial charge in [0, 0.05) is 45.0 Å². The van der Waals surface area contributed by atoms with E-state index in [2.05, 4.69) is 20.6 Å². The van der Waals surface area contributed by atoms with Crippen LogP contribution in [0, 0.1) is 0 Å². The number of nitrogens with zero attached hydrogens (tertiary/aromatic N) is 4. The molecular weight excluding hydrogens is 384 g/mol. The summed E-state index contributed by atoms with van der Waals surface area (Å²) in [5.41, 5.74) is 4.47. The molecule has 2 atom stereocenters. The Hall–Kier alpha value is -3.62. The summed E-state index contributed by atoms with van der Waals surface area (Å²) in [5, 5.41) is 10.1. The zero-order valence-electron chi connectivity index (χ0n) is 16.8. The summed E-state index contributed by atoms with van der Waals surface area (Å²) in [6, 6.07) is 7.11. The van der Waals surface area contributed by atoms with E-state index in [9.17, 15) is 14.4 Å². The SMILES string of the molecule is CN1C=C(c2ccc3c(c2)CN(C2CCC(=O)NC2=O)C3=O)NC1c1ccnn1C. The molecule has 0 radical (unpaired) electrons. The number of rotatable bonds is 3. The summed E-state index contributed by atoms with van der Waals surface area (Å²) >= 11 is 0. The summed E-state index contributed by atoms with van der Waals surface area (Å²) in [6.07, 6.45) is 4.39. The third-order valence-electron chi connectivity index (χ3n) is 6.01. The van der Waals surface area contributed by atoms with Gasteiger partial charge < -0.3 is 15.1 Å². The van der Waals surface area contributed by atoms with Crippen LogP contribution in [0.15, 0.2) is 36.7 Å². The monoisotopic (exact) mass is 406 g/mol. The Kier molecular flexibility index (Phi) is 4.12. The van der Waals surface area contributed by atoms with E-state index in [-0.39, 0.29) is 24.4 Å². The predicted molar refractivity (Wildman–Crippen MR) is 107 cm³/mol. The molecular formula is C21H22N6O3. The molecule has 0 aliphatic carbocycles. The number of benzene rings is 1. The van der Waals surface area contributed by atoms with Gasteiger partial charge in [-0.3, -0.25) is 24.4 Å². The van der Waals surface area contributed by atoms with E-state index in [1.165, 1.54) is 0 Å². The number of carbonyl (C=O) groups is 3. The Balaban J connectivity index is 1.37. The average molecular weight is 406 g/mol. The van der Waals surface area contributed by atoms with Gasteiger partial charge in [0.05, 0.1) is 11.4 Å². The molecule has 1 aromatic carbocycles. The first-order chi connectivity index (χ1) is 14.4. The lowest BCUT2D eigenvalue weighted by molar-refractivity contribution is -0.136. The maximum atomic E-state index is 12.9. The number of carbonyl (C=O) groups excluding carboxylic acids is 3. The molecule has 3 amide bonds. The molecule has 0 spiro atoms. The summed E-state index contributed by atoms with van der Waals surface area (Å²) in [7, 11) is 3.91. The second kappa shape index (κ2) is 6.72. The second-order valence-electron chi connectivity index (χ2n) is 7.91. The summed E-state index contributed by atoms with van der Waals surface area (Å²) in [6.45, 7) is 0.364. The fraction of sp³-hybridized carbons (Fsp3) is 0.333.